The van der Waals surface area contributed by atoms with Crippen LogP contribution in [0.2, 0.25) is 5.02 Å². The molecule has 7 heteroatoms. The average molecular weight is 378 g/mol. The monoisotopic (exact) mass is 377 g/mol. The largest absolute Gasteiger partial charge is 0.496 e. The molecule has 0 aromatic heterocycles. The predicted octanol–water partition coefficient (Wildman–Crippen LogP) is 3.17. The minimum Gasteiger partial charge on any atom is -0.496 e. The molecule has 0 fully saturated rings. The maximum atomic E-state index is 12.4. The van der Waals surface area contributed by atoms with Crippen molar-refractivity contribution in [1.29, 1.82) is 0 Å². The third-order valence-electron chi connectivity index (χ3n) is 3.72. The maximum absolute atomic E-state index is 12.4. The molecule has 0 unspecified atom stereocenters. The van der Waals surface area contributed by atoms with Crippen LogP contribution >= 0.6 is 11.6 Å². The number of likely N-dealkylation sites (N-methyl/N-ethyl adjacent to an activating group) is 1. The Kier molecular flexibility index (Phi) is 6.86. The van der Waals surface area contributed by atoms with Gasteiger partial charge in [-0.05, 0) is 29.8 Å². The van der Waals surface area contributed by atoms with Crippen molar-refractivity contribution in [1.82, 2.24) is 4.90 Å². The number of halogens is 1. The first kappa shape index (κ1) is 19.6. The molecule has 0 saturated carbocycles. The van der Waals surface area contributed by atoms with Gasteiger partial charge >= 0.3 is 5.97 Å². The molecule has 0 saturated heterocycles. The highest BCUT2D eigenvalue weighted by Crippen LogP contribution is 2.28. The van der Waals surface area contributed by atoms with Gasteiger partial charge in [-0.2, -0.15) is 0 Å². The third-order valence-corrected chi connectivity index (χ3v) is 3.97. The lowest BCUT2D eigenvalue weighted by Gasteiger charge is -2.18. The number of hydrogen-bond acceptors (Lipinski definition) is 5. The number of amides is 1. The molecule has 0 spiro atoms. The molecule has 2 aromatic rings. The van der Waals surface area contributed by atoms with Gasteiger partial charge in [0, 0.05) is 18.6 Å². The number of carbonyl (C=O) groups excluding carboxylic acids is 2. The minimum absolute atomic E-state index is 0.144. The van der Waals surface area contributed by atoms with E-state index in [1.165, 1.54) is 19.1 Å². The van der Waals surface area contributed by atoms with Crippen LogP contribution in [0, 0.1) is 0 Å². The molecule has 2 aromatic carbocycles. The summed E-state index contributed by atoms with van der Waals surface area (Å²) in [5, 5.41) is 0.627. The summed E-state index contributed by atoms with van der Waals surface area (Å²) in [5.74, 6) is -0.387. The van der Waals surface area contributed by atoms with Crippen LogP contribution in [-0.4, -0.2) is 44.7 Å². The highest BCUT2D eigenvalue weighted by molar-refractivity contribution is 6.30. The molecular weight excluding hydrogens is 358 g/mol. The van der Waals surface area contributed by atoms with Gasteiger partial charge in [0.25, 0.3) is 5.91 Å². The van der Waals surface area contributed by atoms with Gasteiger partial charge in [0.1, 0.15) is 17.1 Å². The normalized spacial score (nSPS) is 10.2. The van der Waals surface area contributed by atoms with Gasteiger partial charge < -0.3 is 19.1 Å². The molecule has 26 heavy (non-hydrogen) atoms. The van der Waals surface area contributed by atoms with Crippen molar-refractivity contribution >= 4 is 23.5 Å². The van der Waals surface area contributed by atoms with Crippen molar-refractivity contribution in [3.8, 4) is 11.5 Å². The Balaban J connectivity index is 1.98. The van der Waals surface area contributed by atoms with Crippen LogP contribution in [0.4, 0.5) is 0 Å². The van der Waals surface area contributed by atoms with Crippen molar-refractivity contribution in [2.45, 2.75) is 6.54 Å². The summed E-state index contributed by atoms with van der Waals surface area (Å²) in [6.45, 7) is -0.00431. The minimum atomic E-state index is -0.687. The molecule has 0 heterocycles. The molecule has 0 aliphatic heterocycles. The van der Waals surface area contributed by atoms with Crippen molar-refractivity contribution in [3.63, 3.8) is 0 Å². The van der Waals surface area contributed by atoms with Gasteiger partial charge in [0.15, 0.2) is 6.61 Å². The number of rotatable bonds is 7. The van der Waals surface area contributed by atoms with E-state index >= 15 is 0 Å². The molecule has 0 N–H and O–H groups in total. The fourth-order valence-electron chi connectivity index (χ4n) is 2.31. The second kappa shape index (κ2) is 9.10. The van der Waals surface area contributed by atoms with Gasteiger partial charge in [-0.1, -0.05) is 29.8 Å². The Labute approximate surface area is 157 Å². The van der Waals surface area contributed by atoms with Gasteiger partial charge in [-0.3, -0.25) is 4.79 Å². The number of ether oxygens (including phenoxy) is 3. The maximum Gasteiger partial charge on any atom is 0.346 e. The standard InChI is InChI=1S/C19H20ClNO5/c1-21(11-13-7-9-14(20)10-8-13)17(22)12-26-19(23)18-15(24-2)5-4-6-16(18)25-3/h4-10H,11-12H2,1-3H3. The molecule has 1 amide bonds. The first-order valence-corrected chi connectivity index (χ1v) is 8.20. The van der Waals surface area contributed by atoms with E-state index in [0.29, 0.717) is 23.1 Å². The zero-order chi connectivity index (χ0) is 19.1. The van der Waals surface area contributed by atoms with Crippen molar-refractivity contribution in [3.05, 3.63) is 58.6 Å². The summed E-state index contributed by atoms with van der Waals surface area (Å²) in [7, 11) is 4.52. The molecule has 138 valence electrons. The molecule has 6 nitrogen and oxygen atoms in total. The Morgan fingerprint density at radius 3 is 2.12 bits per heavy atom. The molecule has 0 radical (unpaired) electrons. The fraction of sp³-hybridized carbons (Fsp3) is 0.263. The predicted molar refractivity (Wildman–Crippen MR) is 97.8 cm³/mol. The SMILES string of the molecule is COc1cccc(OC)c1C(=O)OCC(=O)N(C)Cc1ccc(Cl)cc1. The molecule has 0 aliphatic carbocycles. The van der Waals surface area contributed by atoms with E-state index in [1.807, 2.05) is 12.1 Å². The number of carbonyl (C=O) groups is 2. The first-order chi connectivity index (χ1) is 12.5. The van der Waals surface area contributed by atoms with Crippen molar-refractivity contribution < 1.29 is 23.8 Å². The van der Waals surface area contributed by atoms with E-state index in [0.717, 1.165) is 5.56 Å². The number of methoxy groups -OCH3 is 2. The fourth-order valence-corrected chi connectivity index (χ4v) is 2.44. The topological polar surface area (TPSA) is 65.1 Å². The molecule has 2 rings (SSSR count). The zero-order valence-electron chi connectivity index (χ0n) is 14.8. The number of hydrogen-bond donors (Lipinski definition) is 0. The summed E-state index contributed by atoms with van der Waals surface area (Å²) in [5.41, 5.74) is 1.06. The van der Waals surface area contributed by atoms with Crippen molar-refractivity contribution in [2.75, 3.05) is 27.9 Å². The first-order valence-electron chi connectivity index (χ1n) is 7.82. The second-order valence-electron chi connectivity index (χ2n) is 5.49. The summed E-state index contributed by atoms with van der Waals surface area (Å²) >= 11 is 5.84. The van der Waals surface area contributed by atoms with Crippen LogP contribution in [0.3, 0.4) is 0 Å². The lowest BCUT2D eigenvalue weighted by Crippen LogP contribution is -2.30. The van der Waals surface area contributed by atoms with Crippen LogP contribution in [-0.2, 0) is 16.1 Å². The third kappa shape index (κ3) is 4.89. The smallest absolute Gasteiger partial charge is 0.346 e. The van der Waals surface area contributed by atoms with E-state index in [1.54, 1.807) is 37.4 Å². The molecule has 0 atom stereocenters. The van der Waals surface area contributed by atoms with Gasteiger partial charge in [0.2, 0.25) is 0 Å². The zero-order valence-corrected chi connectivity index (χ0v) is 15.6. The number of esters is 1. The summed E-state index contributed by atoms with van der Waals surface area (Å²) in [6.07, 6.45) is 0. The Hall–Kier alpha value is -2.73. The number of nitrogens with zero attached hydrogens (tertiary/aromatic N) is 1. The highest BCUT2D eigenvalue weighted by Gasteiger charge is 2.21. The number of benzene rings is 2. The Morgan fingerprint density at radius 1 is 1.00 bits per heavy atom. The Morgan fingerprint density at radius 2 is 1.58 bits per heavy atom. The van der Waals surface area contributed by atoms with E-state index < -0.39 is 5.97 Å². The highest BCUT2D eigenvalue weighted by atomic mass is 35.5. The Bertz CT molecular complexity index is 754. The summed E-state index contributed by atoms with van der Waals surface area (Å²) in [6, 6.07) is 12.1. The van der Waals surface area contributed by atoms with Crippen molar-refractivity contribution in [2.24, 2.45) is 0 Å². The van der Waals surface area contributed by atoms with Crippen LogP contribution in [0.5, 0.6) is 11.5 Å². The van der Waals surface area contributed by atoms with E-state index in [4.69, 9.17) is 25.8 Å². The second-order valence-corrected chi connectivity index (χ2v) is 5.93. The summed E-state index contributed by atoms with van der Waals surface area (Å²) in [4.78, 5) is 26.0. The quantitative estimate of drug-likeness (QED) is 0.693. The van der Waals surface area contributed by atoms with Gasteiger partial charge in [0.05, 0.1) is 14.2 Å². The van der Waals surface area contributed by atoms with Gasteiger partial charge in [-0.25, -0.2) is 4.79 Å². The van der Waals surface area contributed by atoms with E-state index in [9.17, 15) is 9.59 Å². The molecule has 0 aliphatic rings. The van der Waals surface area contributed by atoms with Crippen LogP contribution in [0.1, 0.15) is 15.9 Å². The summed E-state index contributed by atoms with van der Waals surface area (Å²) < 4.78 is 15.5. The lowest BCUT2D eigenvalue weighted by atomic mass is 10.2. The van der Waals surface area contributed by atoms with E-state index in [2.05, 4.69) is 0 Å². The molecular formula is C19H20ClNO5. The van der Waals surface area contributed by atoms with E-state index in [-0.39, 0.29) is 18.1 Å². The van der Waals surface area contributed by atoms with Crippen LogP contribution in [0.15, 0.2) is 42.5 Å². The average Bonchev–Trinajstić information content (AvgIpc) is 2.66. The van der Waals surface area contributed by atoms with Crippen LogP contribution in [0.25, 0.3) is 0 Å². The lowest BCUT2D eigenvalue weighted by molar-refractivity contribution is -0.133. The molecule has 0 bridgehead atoms. The van der Waals surface area contributed by atoms with Crippen LogP contribution < -0.4 is 9.47 Å². The van der Waals surface area contributed by atoms with Gasteiger partial charge in [-0.15, -0.1) is 0 Å².